The lowest BCUT2D eigenvalue weighted by Crippen LogP contribution is -1.92. The third kappa shape index (κ3) is 2.38. The molecule has 2 aromatic heterocycles. The molecule has 2 aromatic rings. The minimum Gasteiger partial charge on any atom is -0.374 e. The maximum Gasteiger partial charge on any atom is 0.203 e. The van der Waals surface area contributed by atoms with Crippen molar-refractivity contribution in [3.8, 4) is 9.88 Å². The summed E-state index contributed by atoms with van der Waals surface area (Å²) in [4.78, 5) is 5.65. The summed E-state index contributed by atoms with van der Waals surface area (Å²) in [5.74, 6) is 0.623. The Bertz CT molecular complexity index is 487. The van der Waals surface area contributed by atoms with E-state index in [0.717, 1.165) is 27.0 Å². The maximum absolute atomic E-state index is 5.58. The van der Waals surface area contributed by atoms with E-state index in [-0.39, 0.29) is 0 Å². The van der Waals surface area contributed by atoms with Crippen LogP contribution in [0.25, 0.3) is 9.88 Å². The molecule has 0 aliphatic carbocycles. The molecule has 0 aromatic carbocycles. The number of hydrogen-bond donors (Lipinski definition) is 1. The molecule has 0 atom stereocenters. The molecule has 2 N–H and O–H groups in total. The van der Waals surface area contributed by atoms with Crippen LogP contribution in [0.1, 0.15) is 24.5 Å². The lowest BCUT2D eigenvalue weighted by molar-refractivity contribution is 0.643. The van der Waals surface area contributed by atoms with Crippen molar-refractivity contribution in [2.75, 3.05) is 5.73 Å². The van der Waals surface area contributed by atoms with Gasteiger partial charge >= 0.3 is 0 Å². The quantitative estimate of drug-likeness (QED) is 0.914. The van der Waals surface area contributed by atoms with E-state index in [1.54, 1.807) is 11.3 Å². The van der Waals surface area contributed by atoms with E-state index in [9.17, 15) is 0 Å². The first-order valence-electron chi connectivity index (χ1n) is 5.12. The molecule has 0 saturated carbocycles. The fraction of sp³-hybridized carbons (Fsp3) is 0.500. The molecule has 0 bridgehead atoms. The summed E-state index contributed by atoms with van der Waals surface area (Å²) in [5.41, 5.74) is 6.61. The largest absolute Gasteiger partial charge is 0.374 e. The Kier molecular flexibility index (Phi) is 3.20. The second-order valence-electron chi connectivity index (χ2n) is 4.07. The van der Waals surface area contributed by atoms with Gasteiger partial charge in [0.15, 0.2) is 5.01 Å². The van der Waals surface area contributed by atoms with Crippen molar-refractivity contribution >= 4 is 27.8 Å². The van der Waals surface area contributed by atoms with E-state index in [0.29, 0.717) is 11.0 Å². The van der Waals surface area contributed by atoms with Gasteiger partial charge in [-0.15, -0.1) is 21.5 Å². The summed E-state index contributed by atoms with van der Waals surface area (Å²) in [6.07, 6.45) is 1.01. The number of nitrogens with two attached hydrogens (primary N) is 1. The molecule has 0 spiro atoms. The molecular weight excluding hydrogens is 240 g/mol. The molecule has 16 heavy (non-hydrogen) atoms. The van der Waals surface area contributed by atoms with Gasteiger partial charge in [0.05, 0.1) is 15.6 Å². The Hall–Kier alpha value is -1.01. The average Bonchev–Trinajstić information content (AvgIpc) is 2.72. The zero-order chi connectivity index (χ0) is 11.7. The number of aromatic nitrogens is 3. The number of hydrogen-bond acceptors (Lipinski definition) is 6. The van der Waals surface area contributed by atoms with E-state index >= 15 is 0 Å². The van der Waals surface area contributed by atoms with Crippen LogP contribution >= 0.6 is 22.7 Å². The lowest BCUT2D eigenvalue weighted by Gasteiger charge is -1.97. The van der Waals surface area contributed by atoms with Gasteiger partial charge in [0.25, 0.3) is 0 Å². The van der Waals surface area contributed by atoms with Crippen LogP contribution in [0, 0.1) is 12.8 Å². The van der Waals surface area contributed by atoms with Crippen molar-refractivity contribution in [1.29, 1.82) is 0 Å². The van der Waals surface area contributed by atoms with Crippen LogP contribution in [-0.2, 0) is 6.42 Å². The molecule has 2 rings (SSSR count). The van der Waals surface area contributed by atoms with Gasteiger partial charge < -0.3 is 5.73 Å². The van der Waals surface area contributed by atoms with Crippen LogP contribution in [0.3, 0.4) is 0 Å². The molecule has 0 saturated heterocycles. The molecule has 0 radical (unpaired) electrons. The highest BCUT2D eigenvalue weighted by Gasteiger charge is 2.14. The lowest BCUT2D eigenvalue weighted by atomic mass is 10.1. The molecular formula is C10H14N4S2. The Morgan fingerprint density at radius 3 is 2.56 bits per heavy atom. The fourth-order valence-corrected chi connectivity index (χ4v) is 3.42. The van der Waals surface area contributed by atoms with Gasteiger partial charge in [-0.25, -0.2) is 4.98 Å². The van der Waals surface area contributed by atoms with E-state index < -0.39 is 0 Å². The van der Waals surface area contributed by atoms with Gasteiger partial charge in [0.1, 0.15) is 0 Å². The first kappa shape index (κ1) is 11.5. The van der Waals surface area contributed by atoms with Crippen molar-refractivity contribution in [3.63, 3.8) is 0 Å². The van der Waals surface area contributed by atoms with Crippen LogP contribution in [0.4, 0.5) is 5.13 Å². The topological polar surface area (TPSA) is 64.7 Å². The summed E-state index contributed by atoms with van der Waals surface area (Å²) in [5, 5.41) is 10.4. The number of anilines is 1. The van der Waals surface area contributed by atoms with Gasteiger partial charge in [0, 0.05) is 6.42 Å². The van der Waals surface area contributed by atoms with Crippen LogP contribution in [-0.4, -0.2) is 15.2 Å². The normalized spacial score (nSPS) is 11.2. The van der Waals surface area contributed by atoms with Gasteiger partial charge in [-0.3, -0.25) is 0 Å². The molecule has 0 unspecified atom stereocenters. The SMILES string of the molecule is Cc1nc(CC(C)C)sc1-c1nnc(N)s1. The average molecular weight is 254 g/mol. The minimum atomic E-state index is 0.508. The Labute approximate surface area is 103 Å². The van der Waals surface area contributed by atoms with E-state index in [1.165, 1.54) is 11.3 Å². The smallest absolute Gasteiger partial charge is 0.203 e. The summed E-state index contributed by atoms with van der Waals surface area (Å²) in [6, 6.07) is 0. The number of thiazole rings is 1. The summed E-state index contributed by atoms with van der Waals surface area (Å²) < 4.78 is 0. The highest BCUT2D eigenvalue weighted by molar-refractivity contribution is 7.23. The molecule has 86 valence electrons. The Morgan fingerprint density at radius 1 is 1.25 bits per heavy atom. The van der Waals surface area contributed by atoms with Crippen molar-refractivity contribution in [2.24, 2.45) is 5.92 Å². The first-order valence-corrected chi connectivity index (χ1v) is 6.75. The minimum absolute atomic E-state index is 0.508. The van der Waals surface area contributed by atoms with Crippen LogP contribution in [0.15, 0.2) is 0 Å². The van der Waals surface area contributed by atoms with Crippen LogP contribution in [0.2, 0.25) is 0 Å². The predicted octanol–water partition coefficient (Wildman–Crippen LogP) is 2.75. The highest BCUT2D eigenvalue weighted by atomic mass is 32.1. The van der Waals surface area contributed by atoms with E-state index in [2.05, 4.69) is 29.0 Å². The van der Waals surface area contributed by atoms with Crippen LogP contribution in [0.5, 0.6) is 0 Å². The second kappa shape index (κ2) is 4.47. The number of aryl methyl sites for hydroxylation is 1. The van der Waals surface area contributed by atoms with E-state index in [1.807, 2.05) is 6.92 Å². The van der Waals surface area contributed by atoms with Gasteiger partial charge in [0.2, 0.25) is 5.13 Å². The van der Waals surface area contributed by atoms with Crippen molar-refractivity contribution in [2.45, 2.75) is 27.2 Å². The molecule has 6 heteroatoms. The zero-order valence-electron chi connectivity index (χ0n) is 9.52. The van der Waals surface area contributed by atoms with Gasteiger partial charge in [-0.2, -0.15) is 0 Å². The highest BCUT2D eigenvalue weighted by Crippen LogP contribution is 2.33. The molecule has 0 aliphatic rings. The third-order valence-corrected chi connectivity index (χ3v) is 4.14. The molecule has 0 amide bonds. The van der Waals surface area contributed by atoms with E-state index in [4.69, 9.17) is 5.73 Å². The predicted molar refractivity (Wildman–Crippen MR) is 68.7 cm³/mol. The van der Waals surface area contributed by atoms with Crippen LogP contribution < -0.4 is 5.73 Å². The standard InChI is InChI=1S/C10H14N4S2/c1-5(2)4-7-12-6(3)8(15-7)9-13-14-10(11)16-9/h5H,4H2,1-3H3,(H2,11,14). The monoisotopic (exact) mass is 254 g/mol. The van der Waals surface area contributed by atoms with Crippen molar-refractivity contribution < 1.29 is 0 Å². The zero-order valence-corrected chi connectivity index (χ0v) is 11.2. The van der Waals surface area contributed by atoms with Crippen molar-refractivity contribution in [3.05, 3.63) is 10.7 Å². The summed E-state index contributed by atoms with van der Waals surface area (Å²) in [7, 11) is 0. The molecule has 0 aliphatic heterocycles. The fourth-order valence-electron chi connectivity index (χ4n) is 1.41. The van der Waals surface area contributed by atoms with Crippen molar-refractivity contribution in [1.82, 2.24) is 15.2 Å². The summed E-state index contributed by atoms with van der Waals surface area (Å²) in [6.45, 7) is 6.39. The molecule has 0 fully saturated rings. The Morgan fingerprint density at radius 2 is 2.00 bits per heavy atom. The maximum atomic E-state index is 5.58. The second-order valence-corrected chi connectivity index (χ2v) is 6.16. The van der Waals surface area contributed by atoms with Gasteiger partial charge in [-0.1, -0.05) is 25.2 Å². The number of nitrogens with zero attached hydrogens (tertiary/aromatic N) is 3. The third-order valence-electron chi connectivity index (χ3n) is 2.06. The number of nitrogen functional groups attached to an aromatic ring is 1. The summed E-state index contributed by atoms with van der Waals surface area (Å²) >= 11 is 3.11. The van der Waals surface area contributed by atoms with Gasteiger partial charge in [-0.05, 0) is 12.8 Å². The molecule has 2 heterocycles. The molecule has 4 nitrogen and oxygen atoms in total. The number of rotatable bonds is 3. The Balaban J connectivity index is 2.31. The first-order chi connectivity index (χ1) is 7.56.